The maximum atomic E-state index is 11.6. The molecule has 1 saturated carbocycles. The molecule has 0 aromatic carbocycles. The number of hydrogen-bond donors (Lipinski definition) is 3. The van der Waals surface area contributed by atoms with E-state index in [4.69, 9.17) is 9.84 Å². The molecule has 0 aromatic heterocycles. The lowest BCUT2D eigenvalue weighted by Crippen LogP contribution is -2.49. The Labute approximate surface area is 120 Å². The maximum absolute atomic E-state index is 11.6. The summed E-state index contributed by atoms with van der Waals surface area (Å²) >= 11 is 0. The van der Waals surface area contributed by atoms with Crippen molar-refractivity contribution in [2.24, 2.45) is 5.92 Å². The molecule has 0 spiro atoms. The van der Waals surface area contributed by atoms with Crippen LogP contribution >= 0.6 is 0 Å². The number of carbonyl (C=O) groups excluding carboxylic acids is 1. The Hall–Kier alpha value is -1.30. The second-order valence-electron chi connectivity index (χ2n) is 5.59. The molecule has 0 heterocycles. The molecule has 0 aromatic rings. The van der Waals surface area contributed by atoms with Crippen LogP contribution in [0.1, 0.15) is 46.0 Å². The van der Waals surface area contributed by atoms with E-state index in [1.54, 1.807) is 13.8 Å². The molecule has 20 heavy (non-hydrogen) atoms. The number of rotatable bonds is 7. The van der Waals surface area contributed by atoms with E-state index in [1.807, 2.05) is 0 Å². The van der Waals surface area contributed by atoms with Gasteiger partial charge in [-0.15, -0.1) is 0 Å². The second-order valence-corrected chi connectivity index (χ2v) is 5.59. The fourth-order valence-electron chi connectivity index (χ4n) is 2.33. The summed E-state index contributed by atoms with van der Waals surface area (Å²) in [7, 11) is 0. The molecular formula is C14H26N2O4. The topological polar surface area (TPSA) is 87.7 Å². The van der Waals surface area contributed by atoms with Crippen LogP contribution in [0.2, 0.25) is 0 Å². The molecule has 6 nitrogen and oxygen atoms in total. The van der Waals surface area contributed by atoms with Gasteiger partial charge in [0.05, 0.1) is 12.7 Å². The molecular weight excluding hydrogens is 260 g/mol. The van der Waals surface area contributed by atoms with Crippen LogP contribution in [0, 0.1) is 5.92 Å². The van der Waals surface area contributed by atoms with Crippen LogP contribution in [0.5, 0.6) is 0 Å². The normalized spacial score (nSPS) is 17.8. The van der Waals surface area contributed by atoms with Gasteiger partial charge in [0.15, 0.2) is 0 Å². The Kier molecular flexibility index (Phi) is 7.36. The van der Waals surface area contributed by atoms with Gasteiger partial charge in [0.1, 0.15) is 6.04 Å². The minimum atomic E-state index is -1.02. The molecule has 0 saturated heterocycles. The summed E-state index contributed by atoms with van der Waals surface area (Å²) in [5.41, 5.74) is 0. The van der Waals surface area contributed by atoms with E-state index < -0.39 is 18.0 Å². The highest BCUT2D eigenvalue weighted by Gasteiger charge is 2.23. The molecule has 0 aliphatic heterocycles. The van der Waals surface area contributed by atoms with Gasteiger partial charge < -0.3 is 20.5 Å². The summed E-state index contributed by atoms with van der Waals surface area (Å²) < 4.78 is 5.67. The molecule has 1 rings (SSSR count). The van der Waals surface area contributed by atoms with Gasteiger partial charge in [-0.1, -0.05) is 33.1 Å². The van der Waals surface area contributed by atoms with E-state index in [-0.39, 0.29) is 5.92 Å². The summed E-state index contributed by atoms with van der Waals surface area (Å²) in [5, 5.41) is 14.0. The van der Waals surface area contributed by atoms with Crippen molar-refractivity contribution in [2.75, 3.05) is 13.2 Å². The fourth-order valence-corrected chi connectivity index (χ4v) is 2.33. The highest BCUT2D eigenvalue weighted by molar-refractivity contribution is 5.82. The number of amides is 2. The van der Waals surface area contributed by atoms with Gasteiger partial charge in [-0.3, -0.25) is 0 Å². The van der Waals surface area contributed by atoms with Gasteiger partial charge in [0.25, 0.3) is 0 Å². The number of carboxylic acids is 1. The smallest absolute Gasteiger partial charge is 0.326 e. The van der Waals surface area contributed by atoms with E-state index in [0.29, 0.717) is 19.3 Å². The lowest BCUT2D eigenvalue weighted by atomic mass is 9.98. The number of urea groups is 1. The van der Waals surface area contributed by atoms with Crippen LogP contribution in [0.3, 0.4) is 0 Å². The van der Waals surface area contributed by atoms with Crippen LogP contribution in [0.25, 0.3) is 0 Å². The SMILES string of the molecule is CC(C)[C@@H](NC(=O)NCCOC1CCCCC1)C(=O)O. The van der Waals surface area contributed by atoms with Gasteiger partial charge in [-0.25, -0.2) is 9.59 Å². The number of hydrogen-bond acceptors (Lipinski definition) is 3. The molecule has 2 amide bonds. The predicted molar refractivity (Wildman–Crippen MR) is 75.6 cm³/mol. The number of carbonyl (C=O) groups is 2. The molecule has 1 aliphatic rings. The van der Waals surface area contributed by atoms with Crippen molar-refractivity contribution in [3.8, 4) is 0 Å². The van der Waals surface area contributed by atoms with Crippen molar-refractivity contribution < 1.29 is 19.4 Å². The van der Waals surface area contributed by atoms with Crippen LogP contribution in [-0.2, 0) is 9.53 Å². The van der Waals surface area contributed by atoms with Gasteiger partial charge in [0, 0.05) is 6.54 Å². The van der Waals surface area contributed by atoms with Crippen molar-refractivity contribution in [2.45, 2.75) is 58.1 Å². The molecule has 0 bridgehead atoms. The van der Waals surface area contributed by atoms with Crippen molar-refractivity contribution in [1.29, 1.82) is 0 Å². The summed E-state index contributed by atoms with van der Waals surface area (Å²) in [4.78, 5) is 22.5. The highest BCUT2D eigenvalue weighted by atomic mass is 16.5. The van der Waals surface area contributed by atoms with Crippen LogP contribution < -0.4 is 10.6 Å². The minimum absolute atomic E-state index is 0.156. The Balaban J connectivity index is 2.14. The van der Waals surface area contributed by atoms with E-state index in [2.05, 4.69) is 10.6 Å². The van der Waals surface area contributed by atoms with Gasteiger partial charge >= 0.3 is 12.0 Å². The Bertz CT molecular complexity index is 314. The van der Waals surface area contributed by atoms with Crippen molar-refractivity contribution >= 4 is 12.0 Å². The number of carboxylic acid groups (broad SMARTS) is 1. The first-order valence-electron chi connectivity index (χ1n) is 7.39. The molecule has 0 unspecified atom stereocenters. The highest BCUT2D eigenvalue weighted by Crippen LogP contribution is 2.19. The molecule has 3 N–H and O–H groups in total. The zero-order chi connectivity index (χ0) is 15.0. The Morgan fingerprint density at radius 1 is 1.25 bits per heavy atom. The summed E-state index contributed by atoms with van der Waals surface area (Å²) in [5.74, 6) is -1.18. The standard InChI is InChI=1S/C14H26N2O4/c1-10(2)12(13(17)18)16-14(19)15-8-9-20-11-6-4-3-5-7-11/h10-12H,3-9H2,1-2H3,(H,17,18)(H2,15,16,19)/t12-/m1/s1. The van der Waals surface area contributed by atoms with Crippen molar-refractivity contribution in [1.82, 2.24) is 10.6 Å². The quantitative estimate of drug-likeness (QED) is 0.622. The molecule has 1 aliphatic carbocycles. The minimum Gasteiger partial charge on any atom is -0.480 e. The van der Waals surface area contributed by atoms with E-state index in [1.165, 1.54) is 19.3 Å². The number of ether oxygens (including phenoxy) is 1. The third kappa shape index (κ3) is 6.23. The maximum Gasteiger partial charge on any atom is 0.326 e. The monoisotopic (exact) mass is 286 g/mol. The van der Waals surface area contributed by atoms with Crippen molar-refractivity contribution in [3.05, 3.63) is 0 Å². The average molecular weight is 286 g/mol. The lowest BCUT2D eigenvalue weighted by Gasteiger charge is -2.22. The lowest BCUT2D eigenvalue weighted by molar-refractivity contribution is -0.140. The first-order chi connectivity index (χ1) is 9.50. The number of nitrogens with one attached hydrogen (secondary N) is 2. The zero-order valence-corrected chi connectivity index (χ0v) is 12.4. The van der Waals surface area contributed by atoms with E-state index in [9.17, 15) is 9.59 Å². The van der Waals surface area contributed by atoms with Gasteiger partial charge in [0.2, 0.25) is 0 Å². The largest absolute Gasteiger partial charge is 0.480 e. The fraction of sp³-hybridized carbons (Fsp3) is 0.857. The van der Waals surface area contributed by atoms with Gasteiger partial charge in [-0.05, 0) is 18.8 Å². The van der Waals surface area contributed by atoms with Crippen molar-refractivity contribution in [3.63, 3.8) is 0 Å². The summed E-state index contributed by atoms with van der Waals surface area (Å²) in [6.45, 7) is 4.38. The zero-order valence-electron chi connectivity index (χ0n) is 12.4. The Morgan fingerprint density at radius 2 is 1.90 bits per heavy atom. The van der Waals surface area contributed by atoms with E-state index in [0.717, 1.165) is 12.8 Å². The van der Waals surface area contributed by atoms with Gasteiger partial charge in [-0.2, -0.15) is 0 Å². The first kappa shape index (κ1) is 16.8. The summed E-state index contributed by atoms with van der Waals surface area (Å²) in [6, 6.07) is -1.33. The van der Waals surface area contributed by atoms with Crippen LogP contribution in [-0.4, -0.2) is 42.4 Å². The first-order valence-corrected chi connectivity index (χ1v) is 7.39. The Morgan fingerprint density at radius 3 is 2.45 bits per heavy atom. The average Bonchev–Trinajstić information content (AvgIpc) is 2.41. The second kappa shape index (κ2) is 8.79. The van der Waals surface area contributed by atoms with E-state index >= 15 is 0 Å². The molecule has 116 valence electrons. The molecule has 1 atom stereocenters. The van der Waals surface area contributed by atoms with Crippen LogP contribution in [0.15, 0.2) is 0 Å². The van der Waals surface area contributed by atoms with Crippen LogP contribution in [0.4, 0.5) is 4.79 Å². The molecule has 0 radical (unpaired) electrons. The molecule has 6 heteroatoms. The summed E-state index contributed by atoms with van der Waals surface area (Å²) in [6.07, 6.45) is 6.23. The third-order valence-corrected chi connectivity index (χ3v) is 3.51. The molecule has 1 fully saturated rings. The third-order valence-electron chi connectivity index (χ3n) is 3.51. The number of aliphatic carboxylic acids is 1. The predicted octanol–water partition coefficient (Wildman–Crippen LogP) is 1.74.